The van der Waals surface area contributed by atoms with E-state index in [2.05, 4.69) is 25.3 Å². The first-order valence-corrected chi connectivity index (χ1v) is 8.58. The van der Waals surface area contributed by atoms with Crippen LogP contribution in [0.4, 0.5) is 5.82 Å². The molecule has 0 atom stereocenters. The van der Waals surface area contributed by atoms with E-state index < -0.39 is 0 Å². The first-order valence-electron chi connectivity index (χ1n) is 8.58. The largest absolute Gasteiger partial charge is 0.481 e. The Morgan fingerprint density at radius 1 is 1.23 bits per heavy atom. The van der Waals surface area contributed by atoms with Gasteiger partial charge in [-0.2, -0.15) is 0 Å². The molecule has 4 rings (SSSR count). The normalized spacial score (nSPS) is 15.2. The van der Waals surface area contributed by atoms with E-state index in [-0.39, 0.29) is 11.9 Å². The summed E-state index contributed by atoms with van der Waals surface area (Å²) in [5.41, 5.74) is 2.43. The zero-order valence-corrected chi connectivity index (χ0v) is 14.5. The van der Waals surface area contributed by atoms with Gasteiger partial charge in [0.1, 0.15) is 12.1 Å². The number of piperidine rings is 1. The number of carbonyl (C=O) groups is 1. The maximum absolute atomic E-state index is 12.7. The number of hydrogen-bond acceptors (Lipinski definition) is 6. The third-order valence-electron chi connectivity index (χ3n) is 4.65. The van der Waals surface area contributed by atoms with Crippen LogP contribution >= 0.6 is 0 Å². The van der Waals surface area contributed by atoms with Gasteiger partial charge in [0.15, 0.2) is 0 Å². The van der Waals surface area contributed by atoms with Gasteiger partial charge in [-0.15, -0.1) is 0 Å². The van der Waals surface area contributed by atoms with Crippen LogP contribution in [-0.2, 0) is 0 Å². The van der Waals surface area contributed by atoms with Crippen LogP contribution in [0.1, 0.15) is 23.2 Å². The molecule has 3 aromatic rings. The van der Waals surface area contributed by atoms with Crippen molar-refractivity contribution in [2.45, 2.75) is 18.9 Å². The lowest BCUT2D eigenvalue weighted by Crippen LogP contribution is -2.42. The molecule has 2 aromatic heterocycles. The number of hydrogen-bond donors (Lipinski definition) is 2. The monoisotopic (exact) mass is 352 g/mol. The van der Waals surface area contributed by atoms with Crippen LogP contribution in [0.3, 0.4) is 0 Å². The smallest absolute Gasteiger partial charge is 0.253 e. The Labute approximate surface area is 150 Å². The highest BCUT2D eigenvalue weighted by Crippen LogP contribution is 2.20. The topological polar surface area (TPSA) is 96.0 Å². The maximum atomic E-state index is 12.7. The highest BCUT2D eigenvalue weighted by atomic mass is 16.5. The highest BCUT2D eigenvalue weighted by molar-refractivity contribution is 5.97. The van der Waals surface area contributed by atoms with Crippen LogP contribution in [0.5, 0.6) is 5.88 Å². The molecule has 0 bridgehead atoms. The predicted octanol–water partition coefficient (Wildman–Crippen LogP) is 2.08. The molecule has 0 aliphatic carbocycles. The molecule has 0 unspecified atom stereocenters. The van der Waals surface area contributed by atoms with Crippen molar-refractivity contribution in [2.24, 2.45) is 0 Å². The van der Waals surface area contributed by atoms with Crippen molar-refractivity contribution in [3.05, 3.63) is 42.5 Å². The summed E-state index contributed by atoms with van der Waals surface area (Å²) >= 11 is 0. The Kier molecular flexibility index (Phi) is 4.39. The standard InChI is InChI=1S/C18H20N6O2/c1-26-17-9-16(21-11-22-17)23-13-4-6-24(7-5-13)18(25)12-2-3-14-15(8-12)20-10-19-14/h2-3,8-11,13H,4-7H2,1H3,(H,19,20)(H,21,22,23). The number of rotatable bonds is 4. The Hall–Kier alpha value is -3.16. The minimum atomic E-state index is 0.0589. The fourth-order valence-corrected chi connectivity index (χ4v) is 3.22. The van der Waals surface area contributed by atoms with E-state index in [9.17, 15) is 4.79 Å². The summed E-state index contributed by atoms with van der Waals surface area (Å²) in [5.74, 6) is 1.33. The van der Waals surface area contributed by atoms with Gasteiger partial charge >= 0.3 is 0 Å². The van der Waals surface area contributed by atoms with Gasteiger partial charge in [-0.05, 0) is 31.0 Å². The van der Waals surface area contributed by atoms with Crippen LogP contribution in [0, 0.1) is 0 Å². The SMILES string of the molecule is COc1cc(NC2CCN(C(=O)c3ccc4nc[nH]c4c3)CC2)ncn1. The van der Waals surface area contributed by atoms with Crippen LogP contribution < -0.4 is 10.1 Å². The van der Waals surface area contributed by atoms with Gasteiger partial charge in [0.05, 0.1) is 24.5 Å². The first kappa shape index (κ1) is 16.3. The second-order valence-electron chi connectivity index (χ2n) is 6.29. The number of fused-ring (bicyclic) bond motifs is 1. The van der Waals surface area contributed by atoms with Crippen molar-refractivity contribution < 1.29 is 9.53 Å². The van der Waals surface area contributed by atoms with E-state index in [1.165, 1.54) is 6.33 Å². The molecule has 2 N–H and O–H groups in total. The number of nitrogens with one attached hydrogen (secondary N) is 2. The number of imidazole rings is 1. The van der Waals surface area contributed by atoms with Crippen molar-refractivity contribution in [1.82, 2.24) is 24.8 Å². The third-order valence-corrected chi connectivity index (χ3v) is 4.65. The lowest BCUT2D eigenvalue weighted by Gasteiger charge is -2.32. The summed E-state index contributed by atoms with van der Waals surface area (Å²) < 4.78 is 5.12. The molecule has 3 heterocycles. The number of H-pyrrole nitrogens is 1. The minimum absolute atomic E-state index is 0.0589. The van der Waals surface area contributed by atoms with E-state index >= 15 is 0 Å². The van der Waals surface area contributed by atoms with Crippen LogP contribution in [0.15, 0.2) is 36.9 Å². The average Bonchev–Trinajstić information content (AvgIpc) is 3.16. The van der Waals surface area contributed by atoms with E-state index in [1.54, 1.807) is 19.5 Å². The van der Waals surface area contributed by atoms with Crippen molar-refractivity contribution in [3.8, 4) is 5.88 Å². The second-order valence-corrected chi connectivity index (χ2v) is 6.29. The molecule has 1 fully saturated rings. The van der Waals surface area contributed by atoms with Gasteiger partial charge in [-0.3, -0.25) is 4.79 Å². The molecule has 1 aliphatic heterocycles. The fraction of sp³-hybridized carbons (Fsp3) is 0.333. The van der Waals surface area contributed by atoms with Gasteiger partial charge in [-0.25, -0.2) is 15.0 Å². The van der Waals surface area contributed by atoms with Gasteiger partial charge in [-0.1, -0.05) is 0 Å². The third kappa shape index (κ3) is 3.30. The summed E-state index contributed by atoms with van der Waals surface area (Å²) in [6, 6.07) is 7.62. The number of aromatic amines is 1. The van der Waals surface area contributed by atoms with Crippen LogP contribution in [0.2, 0.25) is 0 Å². The van der Waals surface area contributed by atoms with Crippen molar-refractivity contribution in [3.63, 3.8) is 0 Å². The summed E-state index contributed by atoms with van der Waals surface area (Å²) in [4.78, 5) is 30.1. The molecule has 0 radical (unpaired) electrons. The Morgan fingerprint density at radius 2 is 2.08 bits per heavy atom. The molecule has 8 heteroatoms. The lowest BCUT2D eigenvalue weighted by atomic mass is 10.0. The molecule has 8 nitrogen and oxygen atoms in total. The average molecular weight is 352 g/mol. The summed E-state index contributed by atoms with van der Waals surface area (Å²) in [7, 11) is 1.58. The number of amides is 1. The van der Waals surface area contributed by atoms with E-state index in [0.29, 0.717) is 24.5 Å². The summed E-state index contributed by atoms with van der Waals surface area (Å²) in [5, 5.41) is 3.39. The van der Waals surface area contributed by atoms with E-state index in [4.69, 9.17) is 4.74 Å². The number of ether oxygens (including phenoxy) is 1. The summed E-state index contributed by atoms with van der Waals surface area (Å²) in [6.07, 6.45) is 4.85. The second kappa shape index (κ2) is 6.99. The number of carbonyl (C=O) groups excluding carboxylic acids is 1. The molecule has 1 aromatic carbocycles. The maximum Gasteiger partial charge on any atom is 0.253 e. The van der Waals surface area contributed by atoms with Gasteiger partial charge in [0, 0.05) is 30.8 Å². The highest BCUT2D eigenvalue weighted by Gasteiger charge is 2.24. The Balaban J connectivity index is 1.37. The summed E-state index contributed by atoms with van der Waals surface area (Å²) in [6.45, 7) is 1.42. The van der Waals surface area contributed by atoms with Gasteiger partial charge in [0.2, 0.25) is 5.88 Å². The van der Waals surface area contributed by atoms with Crippen molar-refractivity contribution in [1.29, 1.82) is 0 Å². The Bertz CT molecular complexity index is 917. The number of likely N-dealkylation sites (tertiary alicyclic amines) is 1. The molecule has 1 saturated heterocycles. The lowest BCUT2D eigenvalue weighted by molar-refractivity contribution is 0.0718. The first-order chi connectivity index (χ1) is 12.7. The van der Waals surface area contributed by atoms with E-state index in [1.807, 2.05) is 23.1 Å². The van der Waals surface area contributed by atoms with E-state index in [0.717, 1.165) is 29.7 Å². The minimum Gasteiger partial charge on any atom is -0.481 e. The van der Waals surface area contributed by atoms with Gasteiger partial charge < -0.3 is 19.9 Å². The predicted molar refractivity (Wildman–Crippen MR) is 97.2 cm³/mol. The van der Waals surface area contributed by atoms with Crippen molar-refractivity contribution >= 4 is 22.8 Å². The zero-order chi connectivity index (χ0) is 17.9. The molecule has 1 aliphatic rings. The molecule has 0 saturated carbocycles. The molecular formula is C18H20N6O2. The van der Waals surface area contributed by atoms with Crippen molar-refractivity contribution in [2.75, 3.05) is 25.5 Å². The number of aromatic nitrogens is 4. The molecular weight excluding hydrogens is 332 g/mol. The van der Waals surface area contributed by atoms with Crippen LogP contribution in [0.25, 0.3) is 11.0 Å². The van der Waals surface area contributed by atoms with Crippen LogP contribution in [-0.4, -0.2) is 57.0 Å². The molecule has 134 valence electrons. The molecule has 0 spiro atoms. The number of methoxy groups -OCH3 is 1. The Morgan fingerprint density at radius 3 is 2.88 bits per heavy atom. The van der Waals surface area contributed by atoms with Gasteiger partial charge in [0.25, 0.3) is 5.91 Å². The molecule has 1 amide bonds. The molecule has 26 heavy (non-hydrogen) atoms. The fourth-order valence-electron chi connectivity index (χ4n) is 3.22. The number of benzene rings is 1. The quantitative estimate of drug-likeness (QED) is 0.746. The zero-order valence-electron chi connectivity index (χ0n) is 14.5. The number of nitrogens with zero attached hydrogens (tertiary/aromatic N) is 4. The number of anilines is 1.